The van der Waals surface area contributed by atoms with E-state index in [-0.39, 0.29) is 17.7 Å². The molecule has 0 aliphatic heterocycles. The zero-order valence-corrected chi connectivity index (χ0v) is 19.3. The Labute approximate surface area is 198 Å². The van der Waals surface area contributed by atoms with Crippen LogP contribution in [-0.2, 0) is 17.8 Å². The molecule has 2 heterocycles. The number of nitrogens with one attached hydrogen (secondary N) is 1. The van der Waals surface area contributed by atoms with Crippen LogP contribution in [0.2, 0.25) is 0 Å². The third-order valence-electron chi connectivity index (χ3n) is 4.76. The predicted octanol–water partition coefficient (Wildman–Crippen LogP) is 4.10. The lowest BCUT2D eigenvalue weighted by molar-refractivity contribution is 0.0467. The molecule has 1 N–H and O–H groups in total. The third-order valence-corrected chi connectivity index (χ3v) is 5.69. The van der Waals surface area contributed by atoms with Gasteiger partial charge >= 0.3 is 5.97 Å². The summed E-state index contributed by atoms with van der Waals surface area (Å²) in [6.45, 7) is 3.98. The molecule has 0 aliphatic rings. The molecule has 0 unspecified atom stereocenters. The van der Waals surface area contributed by atoms with Gasteiger partial charge in [-0.2, -0.15) is 9.61 Å². The van der Waals surface area contributed by atoms with E-state index >= 15 is 0 Å². The molecule has 174 valence electrons. The molecule has 2 aromatic carbocycles. The first-order valence-corrected chi connectivity index (χ1v) is 11.3. The van der Waals surface area contributed by atoms with E-state index in [2.05, 4.69) is 29.2 Å². The molecular weight excluding hydrogens is 459 g/mol. The second-order valence-electron chi connectivity index (χ2n) is 7.99. The Balaban J connectivity index is 1.38. The Bertz CT molecular complexity index is 1400. The summed E-state index contributed by atoms with van der Waals surface area (Å²) in [7, 11) is 0. The summed E-state index contributed by atoms with van der Waals surface area (Å²) in [5, 5.41) is 7.79. The van der Waals surface area contributed by atoms with Crippen molar-refractivity contribution in [1.29, 1.82) is 0 Å². The fourth-order valence-electron chi connectivity index (χ4n) is 3.12. The van der Waals surface area contributed by atoms with Crippen molar-refractivity contribution in [2.75, 3.05) is 5.32 Å². The van der Waals surface area contributed by atoms with Gasteiger partial charge in [0, 0.05) is 23.7 Å². The first-order chi connectivity index (χ1) is 16.3. The lowest BCUT2D eigenvalue weighted by Gasteiger charge is -2.07. The molecule has 1 amide bonds. The number of hydrogen-bond acceptors (Lipinski definition) is 7. The number of benzene rings is 2. The van der Waals surface area contributed by atoms with Gasteiger partial charge in [-0.25, -0.2) is 14.2 Å². The minimum absolute atomic E-state index is 0.162. The Hall–Kier alpha value is -3.92. The van der Waals surface area contributed by atoms with Crippen molar-refractivity contribution in [3.63, 3.8) is 0 Å². The SMILES string of the molecule is CC(C)Cc1nn2c(=O)cc(COC(=O)c3ccc(NC(=O)c4ccc(F)cc4)cc3)nc2s1. The van der Waals surface area contributed by atoms with Crippen LogP contribution in [0.1, 0.15) is 45.3 Å². The monoisotopic (exact) mass is 480 g/mol. The van der Waals surface area contributed by atoms with E-state index < -0.39 is 17.7 Å². The number of halogens is 1. The maximum Gasteiger partial charge on any atom is 0.338 e. The molecule has 4 aromatic rings. The molecule has 4 rings (SSSR count). The van der Waals surface area contributed by atoms with Crippen LogP contribution in [0.15, 0.2) is 59.4 Å². The molecule has 0 saturated carbocycles. The van der Waals surface area contributed by atoms with Crippen LogP contribution >= 0.6 is 11.3 Å². The number of esters is 1. The number of anilines is 1. The van der Waals surface area contributed by atoms with Gasteiger partial charge < -0.3 is 10.1 Å². The van der Waals surface area contributed by atoms with Gasteiger partial charge in [-0.05, 0) is 54.4 Å². The summed E-state index contributed by atoms with van der Waals surface area (Å²) in [4.78, 5) is 41.8. The van der Waals surface area contributed by atoms with Crippen LogP contribution < -0.4 is 10.9 Å². The number of carbonyl (C=O) groups excluding carboxylic acids is 2. The molecule has 0 fully saturated rings. The molecule has 10 heteroatoms. The highest BCUT2D eigenvalue weighted by Crippen LogP contribution is 2.16. The summed E-state index contributed by atoms with van der Waals surface area (Å²) < 4.78 is 19.6. The van der Waals surface area contributed by atoms with Crippen molar-refractivity contribution in [2.24, 2.45) is 5.92 Å². The van der Waals surface area contributed by atoms with Gasteiger partial charge in [-0.1, -0.05) is 25.2 Å². The maximum atomic E-state index is 13.0. The predicted molar refractivity (Wildman–Crippen MR) is 126 cm³/mol. The number of aromatic nitrogens is 3. The van der Waals surface area contributed by atoms with Crippen LogP contribution in [0, 0.1) is 11.7 Å². The Morgan fingerprint density at radius 3 is 2.44 bits per heavy atom. The molecule has 8 nitrogen and oxygen atoms in total. The van der Waals surface area contributed by atoms with Crippen LogP contribution in [-0.4, -0.2) is 26.5 Å². The van der Waals surface area contributed by atoms with Crippen molar-refractivity contribution in [3.8, 4) is 0 Å². The van der Waals surface area contributed by atoms with E-state index in [1.807, 2.05) is 0 Å². The molecule has 0 aliphatic carbocycles. The summed E-state index contributed by atoms with van der Waals surface area (Å²) in [6, 6.07) is 12.6. The normalized spacial score (nSPS) is 11.1. The first-order valence-electron chi connectivity index (χ1n) is 10.5. The Morgan fingerprint density at radius 1 is 1.09 bits per heavy atom. The number of fused-ring (bicyclic) bond motifs is 1. The minimum atomic E-state index is -0.594. The summed E-state index contributed by atoms with van der Waals surface area (Å²) in [6.07, 6.45) is 0.748. The van der Waals surface area contributed by atoms with E-state index in [1.54, 1.807) is 12.1 Å². The van der Waals surface area contributed by atoms with Crippen molar-refractivity contribution in [1.82, 2.24) is 14.6 Å². The molecule has 2 aromatic heterocycles. The minimum Gasteiger partial charge on any atom is -0.456 e. The zero-order chi connectivity index (χ0) is 24.2. The van der Waals surface area contributed by atoms with E-state index in [0.717, 1.165) is 11.4 Å². The molecule has 0 bridgehead atoms. The average molecular weight is 481 g/mol. The standard InChI is InChI=1S/C24H21FN4O4S/c1-14(2)11-20-28-29-21(30)12-19(27-24(29)34-20)13-33-23(32)16-5-9-18(10-6-16)26-22(31)15-3-7-17(25)8-4-15/h3-10,12,14H,11,13H2,1-2H3,(H,26,31). The van der Waals surface area contributed by atoms with Crippen LogP contribution in [0.25, 0.3) is 4.96 Å². The topological polar surface area (TPSA) is 103 Å². The smallest absolute Gasteiger partial charge is 0.338 e. The number of ether oxygens (including phenoxy) is 1. The van der Waals surface area contributed by atoms with Gasteiger partial charge in [0.2, 0.25) is 4.96 Å². The second kappa shape index (κ2) is 9.92. The van der Waals surface area contributed by atoms with E-state index in [9.17, 15) is 18.8 Å². The van der Waals surface area contributed by atoms with E-state index in [0.29, 0.717) is 27.8 Å². The second-order valence-corrected chi connectivity index (χ2v) is 9.03. The number of rotatable bonds is 7. The van der Waals surface area contributed by atoms with E-state index in [1.165, 1.54) is 58.3 Å². The Kier molecular flexibility index (Phi) is 6.78. The van der Waals surface area contributed by atoms with Crippen molar-refractivity contribution >= 4 is 33.9 Å². The molecule has 34 heavy (non-hydrogen) atoms. The van der Waals surface area contributed by atoms with Gasteiger partial charge in [-0.15, -0.1) is 0 Å². The third kappa shape index (κ3) is 5.52. The fraction of sp³-hybridized carbons (Fsp3) is 0.208. The van der Waals surface area contributed by atoms with Crippen LogP contribution in [0.5, 0.6) is 0 Å². The summed E-state index contributed by atoms with van der Waals surface area (Å²) in [5.74, 6) is -1.02. The van der Waals surface area contributed by atoms with Crippen molar-refractivity contribution in [2.45, 2.75) is 26.9 Å². The molecule has 0 atom stereocenters. The highest BCUT2D eigenvalue weighted by atomic mass is 32.1. The van der Waals surface area contributed by atoms with E-state index in [4.69, 9.17) is 4.74 Å². The molecular formula is C24H21FN4O4S. The molecule has 0 saturated heterocycles. The van der Waals surface area contributed by atoms with Gasteiger partial charge in [0.15, 0.2) is 0 Å². The maximum absolute atomic E-state index is 13.0. The zero-order valence-electron chi connectivity index (χ0n) is 18.4. The molecule has 0 radical (unpaired) electrons. The number of carbonyl (C=O) groups is 2. The first kappa shape index (κ1) is 23.2. The van der Waals surface area contributed by atoms with Crippen molar-refractivity contribution in [3.05, 3.63) is 92.6 Å². The van der Waals surface area contributed by atoms with Gasteiger partial charge in [0.05, 0.1) is 11.3 Å². The van der Waals surface area contributed by atoms with Gasteiger partial charge in [0.1, 0.15) is 17.4 Å². The van der Waals surface area contributed by atoms with Gasteiger partial charge in [0.25, 0.3) is 11.5 Å². The quantitative estimate of drug-likeness (QED) is 0.400. The highest BCUT2D eigenvalue weighted by Gasteiger charge is 2.13. The average Bonchev–Trinajstić information content (AvgIpc) is 3.20. The van der Waals surface area contributed by atoms with Gasteiger partial charge in [-0.3, -0.25) is 9.59 Å². The highest BCUT2D eigenvalue weighted by molar-refractivity contribution is 7.16. The van der Waals surface area contributed by atoms with Crippen molar-refractivity contribution < 1.29 is 18.7 Å². The fourth-order valence-corrected chi connectivity index (χ4v) is 4.25. The summed E-state index contributed by atoms with van der Waals surface area (Å²) >= 11 is 1.34. The Morgan fingerprint density at radius 2 is 1.76 bits per heavy atom. The number of hydrogen-bond donors (Lipinski definition) is 1. The lowest BCUT2D eigenvalue weighted by Crippen LogP contribution is -2.17. The molecule has 0 spiro atoms. The summed E-state index contributed by atoms with van der Waals surface area (Å²) in [5.41, 5.74) is 1.05. The number of amides is 1. The number of nitrogens with zero attached hydrogens (tertiary/aromatic N) is 3. The largest absolute Gasteiger partial charge is 0.456 e. The lowest BCUT2D eigenvalue weighted by atomic mass is 10.1. The van der Waals surface area contributed by atoms with Crippen LogP contribution in [0.4, 0.5) is 10.1 Å². The van der Waals surface area contributed by atoms with Crippen LogP contribution in [0.3, 0.4) is 0 Å².